The number of hydrogen-bond donors (Lipinski definition) is 1. The Morgan fingerprint density at radius 1 is 1.50 bits per heavy atom. The predicted molar refractivity (Wildman–Crippen MR) is 55.3 cm³/mol. The van der Waals surface area contributed by atoms with Crippen molar-refractivity contribution in [3.8, 4) is 0 Å². The molecule has 1 rings (SSSR count). The number of halogens is 2. The molecule has 1 aromatic heterocycles. The summed E-state index contributed by atoms with van der Waals surface area (Å²) in [6.07, 6.45) is -0.316. The lowest BCUT2D eigenvalue weighted by atomic mass is 10.3. The van der Waals surface area contributed by atoms with Crippen LogP contribution in [0.15, 0.2) is 12.3 Å². The first-order valence-corrected chi connectivity index (χ1v) is 5.03. The highest BCUT2D eigenvalue weighted by Gasteiger charge is 2.03. The van der Waals surface area contributed by atoms with Gasteiger partial charge in [0.15, 0.2) is 0 Å². The largest absolute Gasteiger partial charge is 0.375 e. The van der Waals surface area contributed by atoms with Crippen LogP contribution in [0.2, 0.25) is 0 Å². The van der Waals surface area contributed by atoms with Gasteiger partial charge in [0.1, 0.15) is 12.4 Å². The van der Waals surface area contributed by atoms with E-state index in [-0.39, 0.29) is 6.61 Å². The monoisotopic (exact) mass is 231 g/mol. The van der Waals surface area contributed by atoms with E-state index in [1.165, 1.54) is 0 Å². The van der Waals surface area contributed by atoms with Gasteiger partial charge in [-0.1, -0.05) is 0 Å². The van der Waals surface area contributed by atoms with Gasteiger partial charge in [-0.15, -0.1) is 0 Å². The number of alkyl halides is 2. The van der Waals surface area contributed by atoms with Crippen LogP contribution in [0.3, 0.4) is 0 Å². The third-order valence-electron chi connectivity index (χ3n) is 1.83. The second-order valence-corrected chi connectivity index (χ2v) is 3.21. The van der Waals surface area contributed by atoms with Gasteiger partial charge < -0.3 is 10.1 Å². The fourth-order valence-electron chi connectivity index (χ4n) is 1.18. The van der Waals surface area contributed by atoms with E-state index < -0.39 is 13.0 Å². The first kappa shape index (κ1) is 12.9. The van der Waals surface area contributed by atoms with Gasteiger partial charge in [0.05, 0.1) is 12.3 Å². The number of aromatic nitrogens is 2. The Bertz CT molecular complexity index is 310. The summed E-state index contributed by atoms with van der Waals surface area (Å²) in [5.74, 6) is 0.613. The van der Waals surface area contributed by atoms with E-state index in [1.54, 1.807) is 12.3 Å². The van der Waals surface area contributed by atoms with E-state index >= 15 is 0 Å². The van der Waals surface area contributed by atoms with E-state index in [1.807, 2.05) is 7.05 Å². The summed E-state index contributed by atoms with van der Waals surface area (Å²) in [5, 5.41) is 2.97. The van der Waals surface area contributed by atoms with Crippen LogP contribution in [0.4, 0.5) is 8.78 Å². The SMILES string of the molecule is CNCc1ccnc(CCOCC(F)F)n1. The van der Waals surface area contributed by atoms with Crippen LogP contribution in [0, 0.1) is 0 Å². The fourth-order valence-corrected chi connectivity index (χ4v) is 1.18. The second kappa shape index (κ2) is 7.19. The van der Waals surface area contributed by atoms with Crippen molar-refractivity contribution in [3.05, 3.63) is 23.8 Å². The smallest absolute Gasteiger partial charge is 0.261 e. The summed E-state index contributed by atoms with van der Waals surface area (Å²) in [7, 11) is 1.83. The molecule has 0 aliphatic rings. The summed E-state index contributed by atoms with van der Waals surface area (Å²) in [6, 6.07) is 1.81. The standard InChI is InChI=1S/C10H15F2N3O/c1-13-6-8-2-4-14-10(15-8)3-5-16-7-9(11)12/h2,4,9,13H,3,5-7H2,1H3. The van der Waals surface area contributed by atoms with Gasteiger partial charge in [-0.05, 0) is 13.1 Å². The first-order chi connectivity index (χ1) is 7.72. The number of hydrogen-bond acceptors (Lipinski definition) is 4. The molecule has 16 heavy (non-hydrogen) atoms. The lowest BCUT2D eigenvalue weighted by Gasteiger charge is -2.04. The molecule has 4 nitrogen and oxygen atoms in total. The molecule has 0 atom stereocenters. The molecular weight excluding hydrogens is 216 g/mol. The Morgan fingerprint density at radius 2 is 2.31 bits per heavy atom. The quantitative estimate of drug-likeness (QED) is 0.712. The van der Waals surface area contributed by atoms with Gasteiger partial charge in [0.25, 0.3) is 6.43 Å². The minimum Gasteiger partial charge on any atom is -0.375 e. The topological polar surface area (TPSA) is 47.0 Å². The molecule has 0 spiro atoms. The van der Waals surface area contributed by atoms with Crippen LogP contribution in [0.25, 0.3) is 0 Å². The van der Waals surface area contributed by atoms with Gasteiger partial charge in [-0.2, -0.15) is 0 Å². The van der Waals surface area contributed by atoms with Crippen molar-refractivity contribution in [2.24, 2.45) is 0 Å². The number of nitrogens with zero attached hydrogens (tertiary/aromatic N) is 2. The molecule has 0 bridgehead atoms. The molecule has 0 aliphatic heterocycles. The summed E-state index contributed by atoms with van der Waals surface area (Å²) in [4.78, 5) is 8.27. The highest BCUT2D eigenvalue weighted by atomic mass is 19.3. The Balaban J connectivity index is 2.33. The van der Waals surface area contributed by atoms with Crippen LogP contribution in [-0.4, -0.2) is 36.7 Å². The van der Waals surface area contributed by atoms with E-state index in [9.17, 15) is 8.78 Å². The highest BCUT2D eigenvalue weighted by Crippen LogP contribution is 1.98. The average molecular weight is 231 g/mol. The van der Waals surface area contributed by atoms with Crippen molar-refractivity contribution in [2.75, 3.05) is 20.3 Å². The van der Waals surface area contributed by atoms with Crippen molar-refractivity contribution in [3.63, 3.8) is 0 Å². The van der Waals surface area contributed by atoms with Gasteiger partial charge in [-0.3, -0.25) is 0 Å². The van der Waals surface area contributed by atoms with E-state index in [4.69, 9.17) is 4.74 Å². The van der Waals surface area contributed by atoms with Crippen LogP contribution < -0.4 is 5.32 Å². The lowest BCUT2D eigenvalue weighted by molar-refractivity contribution is 0.0182. The van der Waals surface area contributed by atoms with E-state index in [2.05, 4.69) is 15.3 Å². The second-order valence-electron chi connectivity index (χ2n) is 3.21. The van der Waals surface area contributed by atoms with Crippen LogP contribution in [0.5, 0.6) is 0 Å². The molecule has 1 N–H and O–H groups in total. The summed E-state index contributed by atoms with van der Waals surface area (Å²) < 4.78 is 28.3. The Kier molecular flexibility index (Phi) is 5.81. The van der Waals surface area contributed by atoms with Gasteiger partial charge >= 0.3 is 0 Å². The van der Waals surface area contributed by atoms with Crippen molar-refractivity contribution >= 4 is 0 Å². The molecule has 1 heterocycles. The fraction of sp³-hybridized carbons (Fsp3) is 0.600. The molecule has 0 fully saturated rings. The normalized spacial score (nSPS) is 11.0. The van der Waals surface area contributed by atoms with Crippen LogP contribution >= 0.6 is 0 Å². The Labute approximate surface area is 93.1 Å². The maximum atomic E-state index is 11.8. The number of ether oxygens (including phenoxy) is 1. The average Bonchev–Trinajstić information content (AvgIpc) is 2.25. The highest BCUT2D eigenvalue weighted by molar-refractivity contribution is 5.02. The Hall–Kier alpha value is -1.14. The lowest BCUT2D eigenvalue weighted by Crippen LogP contribution is -2.11. The molecule has 90 valence electrons. The maximum Gasteiger partial charge on any atom is 0.261 e. The first-order valence-electron chi connectivity index (χ1n) is 5.03. The van der Waals surface area contributed by atoms with E-state index in [0.717, 1.165) is 5.69 Å². The third kappa shape index (κ3) is 5.09. The molecule has 0 saturated carbocycles. The van der Waals surface area contributed by atoms with Crippen molar-refractivity contribution in [1.82, 2.24) is 15.3 Å². The van der Waals surface area contributed by atoms with Crippen molar-refractivity contribution < 1.29 is 13.5 Å². The van der Waals surface area contributed by atoms with Crippen LogP contribution in [-0.2, 0) is 17.7 Å². The molecular formula is C10H15F2N3O. The van der Waals surface area contributed by atoms with Crippen LogP contribution in [0.1, 0.15) is 11.5 Å². The predicted octanol–water partition coefficient (Wildman–Crippen LogP) is 1.02. The van der Waals surface area contributed by atoms with Gasteiger partial charge in [0.2, 0.25) is 0 Å². The molecule has 0 amide bonds. The number of nitrogens with one attached hydrogen (secondary N) is 1. The van der Waals surface area contributed by atoms with Gasteiger partial charge in [-0.25, -0.2) is 18.7 Å². The molecule has 0 aliphatic carbocycles. The molecule has 6 heteroatoms. The minimum absolute atomic E-state index is 0.216. The zero-order chi connectivity index (χ0) is 11.8. The van der Waals surface area contributed by atoms with Crippen molar-refractivity contribution in [1.29, 1.82) is 0 Å². The van der Waals surface area contributed by atoms with Gasteiger partial charge in [0, 0.05) is 19.2 Å². The molecule has 0 radical (unpaired) electrons. The number of rotatable bonds is 7. The molecule has 1 aromatic rings. The zero-order valence-corrected chi connectivity index (χ0v) is 9.12. The summed E-state index contributed by atoms with van der Waals surface area (Å²) >= 11 is 0. The third-order valence-corrected chi connectivity index (χ3v) is 1.83. The minimum atomic E-state index is -2.42. The Morgan fingerprint density at radius 3 is 3.00 bits per heavy atom. The maximum absolute atomic E-state index is 11.8. The summed E-state index contributed by atoms with van der Waals surface area (Å²) in [5.41, 5.74) is 0.876. The van der Waals surface area contributed by atoms with E-state index in [0.29, 0.717) is 18.8 Å². The molecule has 0 unspecified atom stereocenters. The molecule has 0 saturated heterocycles. The zero-order valence-electron chi connectivity index (χ0n) is 9.12. The molecule has 0 aromatic carbocycles. The van der Waals surface area contributed by atoms with Crippen molar-refractivity contribution in [2.45, 2.75) is 19.4 Å². The summed E-state index contributed by atoms with van der Waals surface area (Å²) in [6.45, 7) is 0.344.